The molecule has 29 heavy (non-hydrogen) atoms. The van der Waals surface area contributed by atoms with Crippen molar-refractivity contribution in [3.8, 4) is 5.75 Å². The van der Waals surface area contributed by atoms with Gasteiger partial charge in [0.25, 0.3) is 11.8 Å². The van der Waals surface area contributed by atoms with E-state index in [1.54, 1.807) is 31.3 Å². The van der Waals surface area contributed by atoms with Gasteiger partial charge in [0.2, 0.25) is 0 Å². The molecule has 1 fully saturated rings. The van der Waals surface area contributed by atoms with Crippen molar-refractivity contribution in [2.75, 3.05) is 37.9 Å². The first-order valence-corrected chi connectivity index (χ1v) is 9.46. The van der Waals surface area contributed by atoms with E-state index in [1.807, 2.05) is 0 Å². The molecule has 2 aromatic rings. The summed E-state index contributed by atoms with van der Waals surface area (Å²) in [5, 5.41) is 12.5. The van der Waals surface area contributed by atoms with E-state index in [2.05, 4.69) is 26.3 Å². The molecule has 154 valence electrons. The van der Waals surface area contributed by atoms with Crippen LogP contribution in [0.25, 0.3) is 0 Å². The minimum Gasteiger partial charge on any atom is -0.496 e. The summed E-state index contributed by atoms with van der Waals surface area (Å²) in [5.74, 6) is 0.222. The minimum absolute atomic E-state index is 0.231. The van der Waals surface area contributed by atoms with Crippen molar-refractivity contribution < 1.29 is 14.3 Å². The van der Waals surface area contributed by atoms with Crippen LogP contribution in [0.15, 0.2) is 30.5 Å². The molecule has 0 saturated carbocycles. The third-order valence-corrected chi connectivity index (χ3v) is 4.81. The maximum atomic E-state index is 11.9. The molecule has 1 aliphatic rings. The molecule has 0 atom stereocenters. The van der Waals surface area contributed by atoms with E-state index in [0.29, 0.717) is 34.1 Å². The second-order valence-electron chi connectivity index (χ2n) is 6.77. The van der Waals surface area contributed by atoms with E-state index in [1.165, 1.54) is 13.3 Å². The Labute approximate surface area is 169 Å². The van der Waals surface area contributed by atoms with Crippen LogP contribution in [0.4, 0.5) is 17.2 Å². The lowest BCUT2D eigenvalue weighted by atomic mass is 10.1. The summed E-state index contributed by atoms with van der Waals surface area (Å²) < 4.78 is 5.32. The topological polar surface area (TPSA) is 130 Å². The Morgan fingerprint density at radius 2 is 1.97 bits per heavy atom. The zero-order valence-corrected chi connectivity index (χ0v) is 16.5. The molecule has 0 aliphatic carbocycles. The number of rotatable bonds is 7. The zero-order valence-electron chi connectivity index (χ0n) is 16.5. The lowest BCUT2D eigenvalue weighted by molar-refractivity contribution is 0.0958. The Kier molecular flexibility index (Phi) is 6.50. The highest BCUT2D eigenvalue weighted by Gasteiger charge is 2.17. The zero-order chi connectivity index (χ0) is 20.8. The molecule has 1 aliphatic heterocycles. The van der Waals surface area contributed by atoms with Crippen LogP contribution in [-0.2, 0) is 0 Å². The largest absolute Gasteiger partial charge is 0.496 e. The first-order valence-electron chi connectivity index (χ1n) is 9.46. The van der Waals surface area contributed by atoms with Crippen molar-refractivity contribution in [2.45, 2.75) is 18.9 Å². The van der Waals surface area contributed by atoms with Crippen molar-refractivity contribution >= 4 is 29.0 Å². The average Bonchev–Trinajstić information content (AvgIpc) is 2.73. The number of hydrogen-bond acceptors (Lipinski definition) is 7. The molecule has 1 aromatic heterocycles. The number of hydrogen-bond donors (Lipinski definition) is 5. The van der Waals surface area contributed by atoms with E-state index in [4.69, 9.17) is 10.5 Å². The lowest BCUT2D eigenvalue weighted by Crippen LogP contribution is -2.35. The van der Waals surface area contributed by atoms with Crippen LogP contribution in [0.2, 0.25) is 0 Å². The van der Waals surface area contributed by atoms with Crippen LogP contribution in [0.5, 0.6) is 5.75 Å². The van der Waals surface area contributed by atoms with E-state index >= 15 is 0 Å². The van der Waals surface area contributed by atoms with Gasteiger partial charge in [-0.15, -0.1) is 0 Å². The quantitative estimate of drug-likeness (QED) is 0.477. The Morgan fingerprint density at radius 1 is 1.21 bits per heavy atom. The number of ether oxygens (including phenoxy) is 1. The smallest absolute Gasteiger partial charge is 0.254 e. The third-order valence-electron chi connectivity index (χ3n) is 4.81. The molecule has 0 bridgehead atoms. The van der Waals surface area contributed by atoms with Gasteiger partial charge in [0, 0.05) is 37.1 Å². The molecule has 2 amide bonds. The van der Waals surface area contributed by atoms with Crippen molar-refractivity contribution in [3.63, 3.8) is 0 Å². The number of amides is 2. The summed E-state index contributed by atoms with van der Waals surface area (Å²) in [6.07, 6.45) is 3.38. The number of anilines is 3. The molecule has 9 heteroatoms. The van der Waals surface area contributed by atoms with Crippen molar-refractivity contribution in [1.29, 1.82) is 0 Å². The van der Waals surface area contributed by atoms with Gasteiger partial charge in [-0.05, 0) is 38.1 Å². The second-order valence-corrected chi connectivity index (χ2v) is 6.77. The Balaban J connectivity index is 1.84. The van der Waals surface area contributed by atoms with E-state index in [0.717, 1.165) is 25.9 Å². The standard InChI is InChI=1S/C20H26N6O3/c1-22-20(28)14-4-3-13(9-17(14)29-2)26-18-10-16(15(11-24-18)19(21)27)25-12-5-7-23-8-6-12/h3-4,9-12,23H,5-8H2,1-2H3,(H2,21,27)(H,22,28)(H2,24,25,26). The van der Waals surface area contributed by atoms with Gasteiger partial charge in [0.1, 0.15) is 11.6 Å². The number of methoxy groups -OCH3 is 1. The molecule has 0 spiro atoms. The van der Waals surface area contributed by atoms with Gasteiger partial charge >= 0.3 is 0 Å². The number of pyridine rings is 1. The Morgan fingerprint density at radius 3 is 2.62 bits per heavy atom. The SMILES string of the molecule is CNC(=O)c1ccc(Nc2cc(NC3CCNCC3)c(C(N)=O)cn2)cc1OC. The summed E-state index contributed by atoms with van der Waals surface area (Å²) in [4.78, 5) is 28.0. The Bertz CT molecular complexity index is 896. The summed E-state index contributed by atoms with van der Waals surface area (Å²) >= 11 is 0. The molecule has 9 nitrogen and oxygen atoms in total. The highest BCUT2D eigenvalue weighted by Crippen LogP contribution is 2.27. The molecule has 0 radical (unpaired) electrons. The number of nitrogens with two attached hydrogens (primary N) is 1. The van der Waals surface area contributed by atoms with Gasteiger partial charge in [-0.1, -0.05) is 0 Å². The maximum absolute atomic E-state index is 11.9. The van der Waals surface area contributed by atoms with Gasteiger partial charge in [0.05, 0.1) is 23.9 Å². The molecule has 1 aromatic carbocycles. The molecule has 3 rings (SSSR count). The molecule has 6 N–H and O–H groups in total. The second kappa shape index (κ2) is 9.24. The number of benzene rings is 1. The first kappa shape index (κ1) is 20.4. The van der Waals surface area contributed by atoms with Crippen LogP contribution < -0.4 is 31.7 Å². The summed E-state index contributed by atoms with van der Waals surface area (Å²) in [6, 6.07) is 7.18. The highest BCUT2D eigenvalue weighted by molar-refractivity contribution is 5.99. The number of nitrogens with one attached hydrogen (secondary N) is 4. The number of piperidine rings is 1. The fourth-order valence-corrected chi connectivity index (χ4v) is 3.26. The number of primary amides is 1. The first-order chi connectivity index (χ1) is 14.0. The van der Waals surface area contributed by atoms with Crippen LogP contribution in [0.1, 0.15) is 33.6 Å². The Hall–Kier alpha value is -3.33. The fraction of sp³-hybridized carbons (Fsp3) is 0.350. The molecule has 0 unspecified atom stereocenters. The van der Waals surface area contributed by atoms with E-state index in [-0.39, 0.29) is 11.9 Å². The molecular formula is C20H26N6O3. The number of carbonyl (C=O) groups is 2. The predicted octanol–water partition coefficient (Wildman–Crippen LogP) is 1.46. The van der Waals surface area contributed by atoms with Crippen molar-refractivity contribution in [2.24, 2.45) is 5.73 Å². The normalized spacial score (nSPS) is 14.1. The van der Waals surface area contributed by atoms with Gasteiger partial charge in [0.15, 0.2) is 0 Å². The highest BCUT2D eigenvalue weighted by atomic mass is 16.5. The molecular weight excluding hydrogens is 372 g/mol. The van der Waals surface area contributed by atoms with Gasteiger partial charge in [-0.25, -0.2) is 4.98 Å². The summed E-state index contributed by atoms with van der Waals surface area (Å²) in [6.45, 7) is 1.86. The van der Waals surface area contributed by atoms with E-state index in [9.17, 15) is 9.59 Å². The summed E-state index contributed by atoms with van der Waals surface area (Å²) in [5.41, 5.74) is 7.64. The molecule has 2 heterocycles. The van der Waals surface area contributed by atoms with Gasteiger partial charge in [-0.2, -0.15) is 0 Å². The van der Waals surface area contributed by atoms with Crippen LogP contribution in [-0.4, -0.2) is 50.1 Å². The number of aromatic nitrogens is 1. The minimum atomic E-state index is -0.530. The monoisotopic (exact) mass is 398 g/mol. The number of nitrogens with zero attached hydrogens (tertiary/aromatic N) is 1. The average molecular weight is 398 g/mol. The van der Waals surface area contributed by atoms with E-state index < -0.39 is 5.91 Å². The van der Waals surface area contributed by atoms with Crippen LogP contribution in [0.3, 0.4) is 0 Å². The van der Waals surface area contributed by atoms with Crippen molar-refractivity contribution in [3.05, 3.63) is 41.6 Å². The van der Waals surface area contributed by atoms with Gasteiger partial charge < -0.3 is 31.7 Å². The van der Waals surface area contributed by atoms with Crippen LogP contribution in [0, 0.1) is 0 Å². The summed E-state index contributed by atoms with van der Waals surface area (Å²) in [7, 11) is 3.07. The number of carbonyl (C=O) groups excluding carboxylic acids is 2. The van der Waals surface area contributed by atoms with Crippen molar-refractivity contribution in [1.82, 2.24) is 15.6 Å². The third kappa shape index (κ3) is 4.94. The van der Waals surface area contributed by atoms with Gasteiger partial charge in [-0.3, -0.25) is 9.59 Å². The fourth-order valence-electron chi connectivity index (χ4n) is 3.26. The molecule has 1 saturated heterocycles. The van der Waals surface area contributed by atoms with Crippen LogP contribution >= 0.6 is 0 Å². The lowest BCUT2D eigenvalue weighted by Gasteiger charge is -2.25. The predicted molar refractivity (Wildman–Crippen MR) is 112 cm³/mol. The maximum Gasteiger partial charge on any atom is 0.254 e.